The Kier molecular flexibility index (Phi) is 6.17. The van der Waals surface area contributed by atoms with Gasteiger partial charge >= 0.3 is 0 Å². The highest BCUT2D eigenvalue weighted by molar-refractivity contribution is 5.19. The lowest BCUT2D eigenvalue weighted by Gasteiger charge is -2.19. The average molecular weight is 219 g/mol. The summed E-state index contributed by atoms with van der Waals surface area (Å²) in [5.74, 6) is 0.670. The van der Waals surface area contributed by atoms with Crippen LogP contribution in [0.5, 0.6) is 0 Å². The quantitative estimate of drug-likeness (QED) is 0.732. The first-order chi connectivity index (χ1) is 7.74. The first kappa shape index (κ1) is 13.2. The van der Waals surface area contributed by atoms with Crippen LogP contribution >= 0.6 is 0 Å². The van der Waals surface area contributed by atoms with Gasteiger partial charge in [-0.25, -0.2) is 0 Å². The molecule has 1 aromatic rings. The van der Waals surface area contributed by atoms with Gasteiger partial charge in [0, 0.05) is 12.6 Å². The van der Waals surface area contributed by atoms with Crippen LogP contribution in [0.1, 0.15) is 51.5 Å². The monoisotopic (exact) mass is 219 g/mol. The summed E-state index contributed by atoms with van der Waals surface area (Å²) >= 11 is 0. The third-order valence-electron chi connectivity index (χ3n) is 2.95. The van der Waals surface area contributed by atoms with Crippen molar-refractivity contribution in [3.05, 3.63) is 35.9 Å². The van der Waals surface area contributed by atoms with E-state index in [1.165, 1.54) is 24.8 Å². The van der Waals surface area contributed by atoms with Crippen LogP contribution in [0.25, 0.3) is 0 Å². The highest BCUT2D eigenvalue weighted by Crippen LogP contribution is 2.21. The van der Waals surface area contributed by atoms with E-state index in [-0.39, 0.29) is 0 Å². The van der Waals surface area contributed by atoms with Crippen molar-refractivity contribution >= 4 is 0 Å². The largest absolute Gasteiger partial charge is 0.314 e. The van der Waals surface area contributed by atoms with E-state index < -0.39 is 0 Å². The Bertz CT molecular complexity index is 266. The molecule has 1 rings (SSSR count). The maximum atomic E-state index is 3.55. The SMILES string of the molecule is CCCCC(CNC(C)C)c1ccccc1. The van der Waals surface area contributed by atoms with Crippen molar-refractivity contribution in [2.75, 3.05) is 6.54 Å². The van der Waals surface area contributed by atoms with Crippen LogP contribution in [0, 0.1) is 0 Å². The molecular weight excluding hydrogens is 194 g/mol. The van der Waals surface area contributed by atoms with Gasteiger partial charge in [0.25, 0.3) is 0 Å². The lowest BCUT2D eigenvalue weighted by Crippen LogP contribution is -2.28. The molecule has 1 heteroatoms. The fourth-order valence-electron chi connectivity index (χ4n) is 1.94. The minimum absolute atomic E-state index is 0.577. The Hall–Kier alpha value is -0.820. The van der Waals surface area contributed by atoms with Gasteiger partial charge in [0.2, 0.25) is 0 Å². The smallest absolute Gasteiger partial charge is 0.00225 e. The van der Waals surface area contributed by atoms with E-state index in [0.717, 1.165) is 6.54 Å². The lowest BCUT2D eigenvalue weighted by atomic mass is 9.93. The molecule has 1 nitrogen and oxygen atoms in total. The Balaban J connectivity index is 2.56. The summed E-state index contributed by atoms with van der Waals surface area (Å²) in [4.78, 5) is 0. The molecule has 0 aromatic heterocycles. The molecule has 0 saturated heterocycles. The molecule has 0 fully saturated rings. The topological polar surface area (TPSA) is 12.0 Å². The van der Waals surface area contributed by atoms with E-state index in [1.54, 1.807) is 0 Å². The van der Waals surface area contributed by atoms with Gasteiger partial charge in [-0.1, -0.05) is 63.9 Å². The molecule has 1 N–H and O–H groups in total. The van der Waals surface area contributed by atoms with E-state index >= 15 is 0 Å². The molecule has 0 heterocycles. The first-order valence-electron chi connectivity index (χ1n) is 6.52. The number of hydrogen-bond donors (Lipinski definition) is 1. The standard InChI is InChI=1S/C15H25N/c1-4-5-9-15(12-16-13(2)3)14-10-7-6-8-11-14/h6-8,10-11,13,15-16H,4-5,9,12H2,1-3H3. The van der Waals surface area contributed by atoms with Crippen molar-refractivity contribution in [1.82, 2.24) is 5.32 Å². The third kappa shape index (κ3) is 4.80. The van der Waals surface area contributed by atoms with Crippen molar-refractivity contribution in [1.29, 1.82) is 0 Å². The van der Waals surface area contributed by atoms with Gasteiger partial charge in [0.1, 0.15) is 0 Å². The van der Waals surface area contributed by atoms with Gasteiger partial charge < -0.3 is 5.32 Å². The number of hydrogen-bond acceptors (Lipinski definition) is 1. The highest BCUT2D eigenvalue weighted by atomic mass is 14.9. The molecule has 16 heavy (non-hydrogen) atoms. The van der Waals surface area contributed by atoms with Gasteiger partial charge in [-0.2, -0.15) is 0 Å². The number of nitrogens with one attached hydrogen (secondary N) is 1. The van der Waals surface area contributed by atoms with Crippen molar-refractivity contribution in [2.45, 2.75) is 52.0 Å². The van der Waals surface area contributed by atoms with Crippen LogP contribution in [0.3, 0.4) is 0 Å². The number of rotatable bonds is 7. The van der Waals surface area contributed by atoms with Crippen LogP contribution in [0.15, 0.2) is 30.3 Å². The molecule has 0 aliphatic rings. The molecule has 1 unspecified atom stereocenters. The van der Waals surface area contributed by atoms with Crippen LogP contribution in [-0.4, -0.2) is 12.6 Å². The summed E-state index contributed by atoms with van der Waals surface area (Å²) in [7, 11) is 0. The molecule has 0 saturated carbocycles. The molecule has 0 spiro atoms. The minimum Gasteiger partial charge on any atom is -0.314 e. The molecule has 1 atom stereocenters. The zero-order valence-electron chi connectivity index (χ0n) is 10.9. The van der Waals surface area contributed by atoms with Gasteiger partial charge in [-0.15, -0.1) is 0 Å². The summed E-state index contributed by atoms with van der Waals surface area (Å²) in [6, 6.07) is 11.5. The first-order valence-corrected chi connectivity index (χ1v) is 6.52. The van der Waals surface area contributed by atoms with Gasteiger partial charge in [-0.3, -0.25) is 0 Å². The maximum absolute atomic E-state index is 3.55. The zero-order chi connectivity index (χ0) is 11.8. The van der Waals surface area contributed by atoms with Crippen LogP contribution in [0.4, 0.5) is 0 Å². The summed E-state index contributed by atoms with van der Waals surface area (Å²) in [5.41, 5.74) is 1.48. The lowest BCUT2D eigenvalue weighted by molar-refractivity contribution is 0.495. The van der Waals surface area contributed by atoms with Crippen LogP contribution < -0.4 is 5.32 Å². The normalized spacial score (nSPS) is 13.0. The Morgan fingerprint density at radius 3 is 2.38 bits per heavy atom. The second kappa shape index (κ2) is 7.45. The van der Waals surface area contributed by atoms with E-state index in [2.05, 4.69) is 56.4 Å². The minimum atomic E-state index is 0.577. The predicted molar refractivity (Wildman–Crippen MR) is 71.8 cm³/mol. The molecule has 0 bridgehead atoms. The molecule has 90 valence electrons. The van der Waals surface area contributed by atoms with Crippen molar-refractivity contribution in [3.8, 4) is 0 Å². The Morgan fingerprint density at radius 2 is 1.81 bits per heavy atom. The molecule has 0 amide bonds. The van der Waals surface area contributed by atoms with E-state index in [4.69, 9.17) is 0 Å². The summed E-state index contributed by atoms with van der Waals surface area (Å²) in [6.45, 7) is 7.78. The maximum Gasteiger partial charge on any atom is 0.00225 e. The van der Waals surface area contributed by atoms with Crippen molar-refractivity contribution < 1.29 is 0 Å². The second-order valence-corrected chi connectivity index (χ2v) is 4.81. The molecule has 0 aliphatic carbocycles. The van der Waals surface area contributed by atoms with Crippen LogP contribution in [0.2, 0.25) is 0 Å². The van der Waals surface area contributed by atoms with Gasteiger partial charge in [-0.05, 0) is 17.9 Å². The fraction of sp³-hybridized carbons (Fsp3) is 0.600. The highest BCUT2D eigenvalue weighted by Gasteiger charge is 2.10. The second-order valence-electron chi connectivity index (χ2n) is 4.81. The fourth-order valence-corrected chi connectivity index (χ4v) is 1.94. The molecular formula is C15H25N. The molecule has 0 radical (unpaired) electrons. The van der Waals surface area contributed by atoms with E-state index in [9.17, 15) is 0 Å². The molecule has 1 aromatic carbocycles. The van der Waals surface area contributed by atoms with Crippen LogP contribution in [-0.2, 0) is 0 Å². The average Bonchev–Trinajstić information content (AvgIpc) is 2.30. The molecule has 0 aliphatic heterocycles. The van der Waals surface area contributed by atoms with Gasteiger partial charge in [0.15, 0.2) is 0 Å². The zero-order valence-corrected chi connectivity index (χ0v) is 10.9. The number of unbranched alkanes of at least 4 members (excludes halogenated alkanes) is 1. The summed E-state index contributed by atoms with van der Waals surface area (Å²) in [6.07, 6.45) is 3.89. The number of benzene rings is 1. The third-order valence-corrected chi connectivity index (χ3v) is 2.95. The Morgan fingerprint density at radius 1 is 1.12 bits per heavy atom. The van der Waals surface area contributed by atoms with E-state index in [1.807, 2.05) is 0 Å². The predicted octanol–water partition coefficient (Wildman–Crippen LogP) is 3.96. The summed E-state index contributed by atoms with van der Waals surface area (Å²) in [5, 5.41) is 3.55. The van der Waals surface area contributed by atoms with E-state index in [0.29, 0.717) is 12.0 Å². The Labute approximate surface area is 100 Å². The van der Waals surface area contributed by atoms with Crippen molar-refractivity contribution in [2.24, 2.45) is 0 Å². The summed E-state index contributed by atoms with van der Waals surface area (Å²) < 4.78 is 0. The van der Waals surface area contributed by atoms with Gasteiger partial charge in [0.05, 0.1) is 0 Å². The van der Waals surface area contributed by atoms with Crippen molar-refractivity contribution in [3.63, 3.8) is 0 Å².